The van der Waals surface area contributed by atoms with Gasteiger partial charge in [-0.1, -0.05) is 29.6 Å². The number of piperidine rings is 1. The van der Waals surface area contributed by atoms with Crippen molar-refractivity contribution < 1.29 is 14.4 Å². The van der Waals surface area contributed by atoms with Gasteiger partial charge in [-0.2, -0.15) is 0 Å². The van der Waals surface area contributed by atoms with Gasteiger partial charge in [-0.15, -0.1) is 0 Å². The molecular formula is C21H20Cl2N4O3. The first-order valence-electron chi connectivity index (χ1n) is 9.78. The lowest BCUT2D eigenvalue weighted by Crippen LogP contribution is -2.50. The number of hydrogen-bond acceptors (Lipinski definition) is 5. The molecule has 1 aromatic carbocycles. The Labute approximate surface area is 183 Å². The maximum Gasteiger partial charge on any atom is 0.234 e. The molecule has 2 N–H and O–H groups in total. The molecule has 4 rings (SSSR count). The fourth-order valence-electron chi connectivity index (χ4n) is 4.02. The Kier molecular flexibility index (Phi) is 5.75. The van der Waals surface area contributed by atoms with Gasteiger partial charge in [0.1, 0.15) is 11.2 Å². The van der Waals surface area contributed by atoms with Crippen LogP contribution in [0.25, 0.3) is 0 Å². The fourth-order valence-corrected chi connectivity index (χ4v) is 4.82. The average molecular weight is 447 g/mol. The number of halogens is 2. The molecule has 2 aliphatic rings. The van der Waals surface area contributed by atoms with Crippen molar-refractivity contribution in [1.29, 1.82) is 0 Å². The Balaban J connectivity index is 1.49. The molecule has 1 atom stereocenters. The summed E-state index contributed by atoms with van der Waals surface area (Å²) in [6.45, 7) is 0.239. The zero-order valence-electron chi connectivity index (χ0n) is 16.1. The maximum absolute atomic E-state index is 12.9. The molecule has 0 radical (unpaired) electrons. The number of rotatable bonds is 5. The maximum atomic E-state index is 12.9. The lowest BCUT2D eigenvalue weighted by Gasteiger charge is -2.38. The van der Waals surface area contributed by atoms with Crippen LogP contribution < -0.4 is 10.6 Å². The summed E-state index contributed by atoms with van der Waals surface area (Å²) >= 11 is 12.9. The molecule has 1 aliphatic carbocycles. The van der Waals surface area contributed by atoms with E-state index in [0.29, 0.717) is 40.7 Å². The van der Waals surface area contributed by atoms with E-state index in [9.17, 15) is 14.4 Å². The predicted octanol–water partition coefficient (Wildman–Crippen LogP) is 3.04. The molecule has 1 saturated carbocycles. The highest BCUT2D eigenvalue weighted by molar-refractivity contribution is 6.36. The lowest BCUT2D eigenvalue weighted by atomic mass is 9.67. The SMILES string of the molecule is O=C1CCC(c2c(Cl)cc(CNC(=O)C3(c4ncccn4)CCC3)cc2Cl)C(=O)N1. The summed E-state index contributed by atoms with van der Waals surface area (Å²) in [5.41, 5.74) is 0.533. The van der Waals surface area contributed by atoms with E-state index >= 15 is 0 Å². The number of hydrogen-bond donors (Lipinski definition) is 2. The van der Waals surface area contributed by atoms with Gasteiger partial charge in [-0.25, -0.2) is 9.97 Å². The van der Waals surface area contributed by atoms with Crippen LogP contribution in [0.15, 0.2) is 30.6 Å². The number of benzene rings is 1. The minimum atomic E-state index is -0.693. The smallest absolute Gasteiger partial charge is 0.234 e. The zero-order chi connectivity index (χ0) is 21.3. The minimum Gasteiger partial charge on any atom is -0.351 e. The number of nitrogens with zero attached hydrogens (tertiary/aromatic N) is 2. The Morgan fingerprint density at radius 2 is 1.83 bits per heavy atom. The molecule has 1 saturated heterocycles. The minimum absolute atomic E-state index is 0.124. The van der Waals surface area contributed by atoms with Crippen LogP contribution in [0.2, 0.25) is 10.0 Å². The Morgan fingerprint density at radius 1 is 1.17 bits per heavy atom. The third-order valence-corrected chi connectivity index (χ3v) is 6.44. The number of nitrogens with one attached hydrogen (secondary N) is 2. The quantitative estimate of drug-likeness (QED) is 0.687. The first kappa shape index (κ1) is 20.8. The van der Waals surface area contributed by atoms with Gasteiger partial charge in [0, 0.05) is 41.0 Å². The van der Waals surface area contributed by atoms with Crippen molar-refractivity contribution in [1.82, 2.24) is 20.6 Å². The highest BCUT2D eigenvalue weighted by atomic mass is 35.5. The molecule has 2 heterocycles. The first-order chi connectivity index (χ1) is 14.4. The normalized spacial score (nSPS) is 20.3. The number of carbonyl (C=O) groups is 3. The van der Waals surface area contributed by atoms with Crippen LogP contribution >= 0.6 is 23.2 Å². The van der Waals surface area contributed by atoms with Gasteiger partial charge in [-0.05, 0) is 43.0 Å². The summed E-state index contributed by atoms with van der Waals surface area (Å²) in [4.78, 5) is 45.1. The molecule has 2 aromatic rings. The summed E-state index contributed by atoms with van der Waals surface area (Å²) < 4.78 is 0. The molecule has 9 heteroatoms. The third kappa shape index (κ3) is 3.79. The van der Waals surface area contributed by atoms with Crippen LogP contribution in [0.1, 0.15) is 55.0 Å². The van der Waals surface area contributed by atoms with E-state index in [0.717, 1.165) is 12.0 Å². The van der Waals surface area contributed by atoms with E-state index in [1.54, 1.807) is 30.6 Å². The number of aromatic nitrogens is 2. The zero-order valence-corrected chi connectivity index (χ0v) is 17.6. The Hall–Kier alpha value is -2.51. The number of carbonyl (C=O) groups excluding carboxylic acids is 3. The van der Waals surface area contributed by atoms with Gasteiger partial charge in [0.15, 0.2) is 0 Å². The van der Waals surface area contributed by atoms with Crippen LogP contribution in [-0.4, -0.2) is 27.7 Å². The van der Waals surface area contributed by atoms with Crippen molar-refractivity contribution >= 4 is 40.9 Å². The Morgan fingerprint density at radius 3 is 2.40 bits per heavy atom. The summed E-state index contributed by atoms with van der Waals surface area (Å²) in [6, 6.07) is 5.11. The van der Waals surface area contributed by atoms with Crippen LogP contribution in [0.5, 0.6) is 0 Å². The van der Waals surface area contributed by atoms with Crippen molar-refractivity contribution in [3.63, 3.8) is 0 Å². The van der Waals surface area contributed by atoms with E-state index in [-0.39, 0.29) is 24.8 Å². The largest absolute Gasteiger partial charge is 0.351 e. The van der Waals surface area contributed by atoms with Gasteiger partial charge >= 0.3 is 0 Å². The second-order valence-electron chi connectivity index (χ2n) is 7.67. The van der Waals surface area contributed by atoms with Crippen molar-refractivity contribution in [3.05, 3.63) is 57.6 Å². The summed E-state index contributed by atoms with van der Waals surface area (Å²) in [5.74, 6) is -0.847. The summed E-state index contributed by atoms with van der Waals surface area (Å²) in [7, 11) is 0. The van der Waals surface area contributed by atoms with Gasteiger partial charge in [0.2, 0.25) is 17.7 Å². The van der Waals surface area contributed by atoms with E-state index in [2.05, 4.69) is 20.6 Å². The van der Waals surface area contributed by atoms with Gasteiger partial charge in [-0.3, -0.25) is 19.7 Å². The Bertz CT molecular complexity index is 986. The van der Waals surface area contributed by atoms with Crippen molar-refractivity contribution in [2.45, 2.75) is 50.0 Å². The van der Waals surface area contributed by atoms with Crippen molar-refractivity contribution in [2.24, 2.45) is 0 Å². The first-order valence-corrected chi connectivity index (χ1v) is 10.5. The molecular weight excluding hydrogens is 427 g/mol. The van der Waals surface area contributed by atoms with Crippen molar-refractivity contribution in [2.75, 3.05) is 0 Å². The highest BCUT2D eigenvalue weighted by Gasteiger charge is 2.48. The number of amides is 3. The van der Waals surface area contributed by atoms with Crippen LogP contribution in [0.3, 0.4) is 0 Å². The van der Waals surface area contributed by atoms with Gasteiger partial charge in [0.25, 0.3) is 0 Å². The molecule has 3 amide bonds. The van der Waals surface area contributed by atoms with Crippen LogP contribution in [0, 0.1) is 0 Å². The van der Waals surface area contributed by atoms with Crippen LogP contribution in [0.4, 0.5) is 0 Å². The molecule has 30 heavy (non-hydrogen) atoms. The standard InChI is InChI=1S/C21H20Cl2N4O3/c22-14-9-12(10-15(23)17(14)13-3-4-16(28)27-18(13)29)11-26-20(30)21(5-1-6-21)19-24-7-2-8-25-19/h2,7-10,13H,1,3-6,11H2,(H,26,30)(H,27,28,29). The summed E-state index contributed by atoms with van der Waals surface area (Å²) in [6.07, 6.45) is 6.25. The lowest BCUT2D eigenvalue weighted by molar-refractivity contribution is -0.134. The number of imide groups is 1. The second kappa shape index (κ2) is 8.32. The molecule has 0 bridgehead atoms. The average Bonchev–Trinajstić information content (AvgIpc) is 2.67. The third-order valence-electron chi connectivity index (χ3n) is 5.82. The van der Waals surface area contributed by atoms with Gasteiger partial charge < -0.3 is 5.32 Å². The monoisotopic (exact) mass is 446 g/mol. The molecule has 0 spiro atoms. The molecule has 2 fully saturated rings. The molecule has 1 aliphatic heterocycles. The van der Waals surface area contributed by atoms with E-state index < -0.39 is 17.2 Å². The molecule has 1 aromatic heterocycles. The van der Waals surface area contributed by atoms with E-state index in [4.69, 9.17) is 23.2 Å². The highest BCUT2D eigenvalue weighted by Crippen LogP contribution is 2.42. The van der Waals surface area contributed by atoms with Crippen LogP contribution in [-0.2, 0) is 26.3 Å². The molecule has 1 unspecified atom stereocenters. The van der Waals surface area contributed by atoms with Crippen molar-refractivity contribution in [3.8, 4) is 0 Å². The van der Waals surface area contributed by atoms with E-state index in [1.807, 2.05) is 0 Å². The second-order valence-corrected chi connectivity index (χ2v) is 8.48. The molecule has 156 valence electrons. The fraction of sp³-hybridized carbons (Fsp3) is 0.381. The topological polar surface area (TPSA) is 101 Å². The summed E-state index contributed by atoms with van der Waals surface area (Å²) in [5, 5.41) is 5.94. The molecule has 7 nitrogen and oxygen atoms in total. The van der Waals surface area contributed by atoms with E-state index in [1.165, 1.54) is 0 Å². The van der Waals surface area contributed by atoms with Gasteiger partial charge in [0.05, 0.1) is 5.92 Å². The predicted molar refractivity (Wildman–Crippen MR) is 111 cm³/mol.